The first-order valence-electron chi connectivity index (χ1n) is 11.6. The van der Waals surface area contributed by atoms with Crippen LogP contribution < -0.4 is 5.32 Å². The fourth-order valence-electron chi connectivity index (χ4n) is 5.13. The highest BCUT2D eigenvalue weighted by atomic mass is 16.5. The molecule has 2 aliphatic heterocycles. The summed E-state index contributed by atoms with van der Waals surface area (Å²) >= 11 is 0. The van der Waals surface area contributed by atoms with Gasteiger partial charge >= 0.3 is 0 Å². The van der Waals surface area contributed by atoms with Crippen molar-refractivity contribution >= 4 is 5.96 Å². The topological polar surface area (TPSA) is 40.1 Å². The number of hydrogen-bond acceptors (Lipinski definition) is 3. The summed E-state index contributed by atoms with van der Waals surface area (Å²) in [6.45, 7) is 7.50. The molecule has 0 amide bonds. The van der Waals surface area contributed by atoms with Crippen molar-refractivity contribution in [3.8, 4) is 0 Å². The minimum Gasteiger partial charge on any atom is -0.378 e. The van der Waals surface area contributed by atoms with Crippen LogP contribution in [0.1, 0.15) is 50.5 Å². The van der Waals surface area contributed by atoms with Gasteiger partial charge in [0.1, 0.15) is 0 Å². The van der Waals surface area contributed by atoms with Crippen LogP contribution in [0.5, 0.6) is 0 Å². The lowest BCUT2D eigenvalue weighted by Crippen LogP contribution is -2.43. The Bertz CT molecular complexity index is 650. The number of nitrogens with one attached hydrogen (secondary N) is 1. The smallest absolute Gasteiger partial charge is 0.193 e. The maximum absolute atomic E-state index is 6.16. The first-order chi connectivity index (χ1) is 14.3. The van der Waals surface area contributed by atoms with E-state index in [1.807, 2.05) is 7.05 Å². The number of hydrogen-bond donors (Lipinski definition) is 1. The van der Waals surface area contributed by atoms with E-state index in [1.54, 1.807) is 0 Å². The van der Waals surface area contributed by atoms with E-state index >= 15 is 0 Å². The molecule has 1 aromatic carbocycles. The van der Waals surface area contributed by atoms with Crippen molar-refractivity contribution in [2.24, 2.45) is 10.4 Å². The van der Waals surface area contributed by atoms with Crippen LogP contribution in [0.25, 0.3) is 0 Å². The van der Waals surface area contributed by atoms with Crippen LogP contribution in [0.15, 0.2) is 35.3 Å². The average Bonchev–Trinajstić information content (AvgIpc) is 3.19. The molecular formula is C24H38N4O. The molecule has 5 heteroatoms. The number of likely N-dealkylation sites (tertiary alicyclic amines) is 2. The maximum Gasteiger partial charge on any atom is 0.193 e. The Hall–Kier alpha value is -1.59. The van der Waals surface area contributed by atoms with Gasteiger partial charge in [0.2, 0.25) is 0 Å². The Balaban J connectivity index is 1.07. The van der Waals surface area contributed by atoms with E-state index < -0.39 is 0 Å². The molecule has 4 rings (SSSR count). The Morgan fingerprint density at radius 1 is 1.14 bits per heavy atom. The zero-order valence-corrected chi connectivity index (χ0v) is 18.1. The van der Waals surface area contributed by atoms with E-state index in [2.05, 4.69) is 50.4 Å². The van der Waals surface area contributed by atoms with Crippen LogP contribution >= 0.6 is 0 Å². The van der Waals surface area contributed by atoms with E-state index in [1.165, 1.54) is 37.8 Å². The standard InChI is InChI=1S/C24H38N4O/c1-25-23(28-17-13-24(20-28)11-5-12-24)26-14-6-18-29-22-9-15-27(16-10-22)19-21-7-3-2-4-8-21/h2-4,7-8,22H,5-6,9-20H2,1H3,(H,25,26). The number of ether oxygens (including phenoxy) is 1. The maximum atomic E-state index is 6.16. The molecule has 3 fully saturated rings. The molecule has 29 heavy (non-hydrogen) atoms. The van der Waals surface area contributed by atoms with Crippen LogP contribution in [0, 0.1) is 5.41 Å². The van der Waals surface area contributed by atoms with Crippen LogP contribution in [0.4, 0.5) is 0 Å². The summed E-state index contributed by atoms with van der Waals surface area (Å²) in [7, 11) is 1.91. The van der Waals surface area contributed by atoms with Gasteiger partial charge in [-0.05, 0) is 49.5 Å². The van der Waals surface area contributed by atoms with Gasteiger partial charge < -0.3 is 15.0 Å². The van der Waals surface area contributed by atoms with Gasteiger partial charge in [-0.2, -0.15) is 0 Å². The number of guanidine groups is 1. The third-order valence-corrected chi connectivity index (χ3v) is 7.11. The third-order valence-electron chi connectivity index (χ3n) is 7.11. The second-order valence-corrected chi connectivity index (χ2v) is 9.18. The predicted molar refractivity (Wildman–Crippen MR) is 119 cm³/mol. The van der Waals surface area contributed by atoms with Gasteiger partial charge in [0, 0.05) is 52.9 Å². The third kappa shape index (κ3) is 5.52. The van der Waals surface area contributed by atoms with Gasteiger partial charge in [-0.1, -0.05) is 36.8 Å². The van der Waals surface area contributed by atoms with Crippen molar-refractivity contribution in [2.75, 3.05) is 46.4 Å². The molecule has 1 N–H and O–H groups in total. The van der Waals surface area contributed by atoms with Gasteiger partial charge in [-0.25, -0.2) is 0 Å². The molecule has 1 spiro atoms. The van der Waals surface area contributed by atoms with Crippen molar-refractivity contribution in [2.45, 2.75) is 57.6 Å². The first-order valence-corrected chi connectivity index (χ1v) is 11.6. The summed E-state index contributed by atoms with van der Waals surface area (Å²) in [6.07, 6.45) is 9.37. The molecule has 1 aromatic rings. The van der Waals surface area contributed by atoms with Crippen LogP contribution in [-0.4, -0.2) is 68.2 Å². The normalized spacial score (nSPS) is 22.8. The molecule has 0 aromatic heterocycles. The molecule has 1 aliphatic carbocycles. The van der Waals surface area contributed by atoms with E-state index in [9.17, 15) is 0 Å². The molecule has 2 heterocycles. The van der Waals surface area contributed by atoms with Crippen molar-refractivity contribution in [1.82, 2.24) is 15.1 Å². The average molecular weight is 399 g/mol. The summed E-state index contributed by atoms with van der Waals surface area (Å²) in [5.41, 5.74) is 2.03. The van der Waals surface area contributed by atoms with E-state index in [-0.39, 0.29) is 0 Å². The summed E-state index contributed by atoms with van der Waals surface area (Å²) in [5, 5.41) is 3.56. The molecule has 5 nitrogen and oxygen atoms in total. The summed E-state index contributed by atoms with van der Waals surface area (Å²) < 4.78 is 6.16. The van der Waals surface area contributed by atoms with Gasteiger partial charge in [0.25, 0.3) is 0 Å². The van der Waals surface area contributed by atoms with Gasteiger partial charge in [-0.3, -0.25) is 9.89 Å². The van der Waals surface area contributed by atoms with E-state index in [0.717, 1.165) is 64.6 Å². The van der Waals surface area contributed by atoms with Crippen LogP contribution in [0.2, 0.25) is 0 Å². The van der Waals surface area contributed by atoms with Gasteiger partial charge in [0.15, 0.2) is 5.96 Å². The zero-order chi connectivity index (χ0) is 19.9. The van der Waals surface area contributed by atoms with Gasteiger partial charge in [0.05, 0.1) is 6.10 Å². The summed E-state index contributed by atoms with van der Waals surface area (Å²) in [6, 6.07) is 10.8. The number of aliphatic imine (C=N–C) groups is 1. The second kappa shape index (κ2) is 9.94. The zero-order valence-electron chi connectivity index (χ0n) is 18.1. The largest absolute Gasteiger partial charge is 0.378 e. The van der Waals surface area contributed by atoms with Crippen molar-refractivity contribution in [1.29, 1.82) is 0 Å². The lowest BCUT2D eigenvalue weighted by Gasteiger charge is -2.38. The molecule has 3 aliphatic rings. The predicted octanol–water partition coefficient (Wildman–Crippen LogP) is 3.51. The lowest BCUT2D eigenvalue weighted by atomic mass is 9.68. The highest BCUT2D eigenvalue weighted by Gasteiger charge is 2.43. The Kier molecular flexibility index (Phi) is 7.09. The highest BCUT2D eigenvalue weighted by Crippen LogP contribution is 2.47. The monoisotopic (exact) mass is 398 g/mol. The van der Waals surface area contributed by atoms with Crippen molar-refractivity contribution in [3.05, 3.63) is 35.9 Å². The number of rotatable bonds is 7. The molecular weight excluding hydrogens is 360 g/mol. The van der Waals surface area contributed by atoms with E-state index in [0.29, 0.717) is 11.5 Å². The molecule has 0 unspecified atom stereocenters. The second-order valence-electron chi connectivity index (χ2n) is 9.18. The lowest BCUT2D eigenvalue weighted by molar-refractivity contribution is 0.00531. The SMILES string of the molecule is CN=C(NCCCOC1CCN(Cc2ccccc2)CC1)N1CCC2(CCC2)C1. The molecule has 0 bridgehead atoms. The first kappa shape index (κ1) is 20.7. The van der Waals surface area contributed by atoms with Crippen LogP contribution in [-0.2, 0) is 11.3 Å². The van der Waals surface area contributed by atoms with Gasteiger partial charge in [-0.15, -0.1) is 0 Å². The minimum atomic E-state index is 0.429. The van der Waals surface area contributed by atoms with Crippen molar-refractivity contribution < 1.29 is 4.74 Å². The molecule has 2 saturated heterocycles. The summed E-state index contributed by atoms with van der Waals surface area (Å²) in [4.78, 5) is 9.52. The number of benzene rings is 1. The van der Waals surface area contributed by atoms with Crippen molar-refractivity contribution in [3.63, 3.8) is 0 Å². The molecule has 0 radical (unpaired) electrons. The molecule has 1 saturated carbocycles. The minimum absolute atomic E-state index is 0.429. The summed E-state index contributed by atoms with van der Waals surface area (Å²) in [5.74, 6) is 1.09. The van der Waals surface area contributed by atoms with E-state index in [4.69, 9.17) is 4.74 Å². The fraction of sp³-hybridized carbons (Fsp3) is 0.708. The molecule has 160 valence electrons. The molecule has 0 atom stereocenters. The van der Waals surface area contributed by atoms with Crippen LogP contribution in [0.3, 0.4) is 0 Å². The fourth-order valence-corrected chi connectivity index (χ4v) is 5.13. The Labute approximate surface area is 176 Å². The number of nitrogens with zero attached hydrogens (tertiary/aromatic N) is 3. The Morgan fingerprint density at radius 2 is 1.93 bits per heavy atom. The number of piperidine rings is 1. The quantitative estimate of drug-likeness (QED) is 0.433. The Morgan fingerprint density at radius 3 is 2.59 bits per heavy atom. The highest BCUT2D eigenvalue weighted by molar-refractivity contribution is 5.80.